The molecule has 0 aliphatic rings. The van der Waals surface area contributed by atoms with Crippen LogP contribution in [0.15, 0.2) is 22.7 Å². The lowest BCUT2D eigenvalue weighted by Crippen LogP contribution is -2.07. The quantitative estimate of drug-likeness (QED) is 0.886. The molecule has 2 nitrogen and oxygen atoms in total. The second kappa shape index (κ2) is 4.54. The maximum absolute atomic E-state index is 12.9. The summed E-state index contributed by atoms with van der Waals surface area (Å²) in [6.07, 6.45) is -0.952. The van der Waals surface area contributed by atoms with E-state index in [-0.39, 0.29) is 0 Å². The van der Waals surface area contributed by atoms with Gasteiger partial charge in [0.05, 0.1) is 18.1 Å². The van der Waals surface area contributed by atoms with E-state index in [9.17, 15) is 9.50 Å². The van der Waals surface area contributed by atoms with E-state index in [1.807, 2.05) is 6.07 Å². The Balaban J connectivity index is 3.02. The van der Waals surface area contributed by atoms with Crippen LogP contribution in [0.5, 0.6) is 0 Å². The van der Waals surface area contributed by atoms with Crippen LogP contribution in [0.4, 0.5) is 4.39 Å². The van der Waals surface area contributed by atoms with Gasteiger partial charge in [-0.3, -0.25) is 0 Å². The Bertz CT molecular complexity index is 355. The van der Waals surface area contributed by atoms with E-state index in [0.717, 1.165) is 0 Å². The summed E-state index contributed by atoms with van der Waals surface area (Å²) in [6, 6.07) is 6.04. The number of aliphatic hydroxyl groups is 1. The molecule has 14 heavy (non-hydrogen) atoms. The van der Waals surface area contributed by atoms with Gasteiger partial charge in [0.15, 0.2) is 0 Å². The van der Waals surface area contributed by atoms with Crippen LogP contribution < -0.4 is 0 Å². The SMILES string of the molecule is CC(C#N)C(O)c1cc(F)cc(Br)c1. The number of halogens is 2. The van der Waals surface area contributed by atoms with Crippen LogP contribution in [0.3, 0.4) is 0 Å². The van der Waals surface area contributed by atoms with Gasteiger partial charge in [-0.2, -0.15) is 5.26 Å². The van der Waals surface area contributed by atoms with E-state index in [1.54, 1.807) is 13.0 Å². The maximum Gasteiger partial charge on any atom is 0.124 e. The Kier molecular flexibility index (Phi) is 3.62. The van der Waals surface area contributed by atoms with Gasteiger partial charge in [-0.15, -0.1) is 0 Å². The highest BCUT2D eigenvalue weighted by atomic mass is 79.9. The summed E-state index contributed by atoms with van der Waals surface area (Å²) < 4.78 is 13.5. The fourth-order valence-electron chi connectivity index (χ4n) is 1.11. The van der Waals surface area contributed by atoms with E-state index in [2.05, 4.69) is 15.9 Å². The third-order valence-electron chi connectivity index (χ3n) is 1.90. The van der Waals surface area contributed by atoms with Gasteiger partial charge >= 0.3 is 0 Å². The number of hydrogen-bond donors (Lipinski definition) is 1. The average Bonchev–Trinajstić information content (AvgIpc) is 2.14. The molecule has 1 N–H and O–H groups in total. The molecule has 74 valence electrons. The molecular weight excluding hydrogens is 249 g/mol. The molecule has 1 rings (SSSR count). The predicted molar refractivity (Wildman–Crippen MR) is 53.8 cm³/mol. The number of nitriles is 1. The Hall–Kier alpha value is -0.920. The smallest absolute Gasteiger partial charge is 0.124 e. The molecule has 0 heterocycles. The summed E-state index contributed by atoms with van der Waals surface area (Å²) in [6.45, 7) is 1.59. The van der Waals surface area contributed by atoms with Crippen molar-refractivity contribution < 1.29 is 9.50 Å². The summed E-state index contributed by atoms with van der Waals surface area (Å²) in [7, 11) is 0. The van der Waals surface area contributed by atoms with Crippen molar-refractivity contribution in [1.82, 2.24) is 0 Å². The van der Waals surface area contributed by atoms with Crippen LogP contribution in [-0.4, -0.2) is 5.11 Å². The highest BCUT2D eigenvalue weighted by molar-refractivity contribution is 9.10. The predicted octanol–water partition coefficient (Wildman–Crippen LogP) is 2.78. The van der Waals surface area contributed by atoms with Gasteiger partial charge in [-0.25, -0.2) is 4.39 Å². The molecule has 0 aliphatic carbocycles. The first-order valence-electron chi connectivity index (χ1n) is 4.08. The fraction of sp³-hybridized carbons (Fsp3) is 0.300. The molecule has 0 saturated carbocycles. The second-order valence-corrected chi connectivity index (χ2v) is 3.98. The molecule has 0 bridgehead atoms. The third kappa shape index (κ3) is 2.53. The van der Waals surface area contributed by atoms with Crippen molar-refractivity contribution in [3.05, 3.63) is 34.1 Å². The molecule has 2 unspecified atom stereocenters. The molecule has 1 aromatic carbocycles. The summed E-state index contributed by atoms with van der Waals surface area (Å²) >= 11 is 3.12. The molecule has 0 saturated heterocycles. The van der Waals surface area contributed by atoms with Crippen LogP contribution in [-0.2, 0) is 0 Å². The van der Waals surface area contributed by atoms with Crippen LogP contribution in [0.1, 0.15) is 18.6 Å². The topological polar surface area (TPSA) is 44.0 Å². The summed E-state index contributed by atoms with van der Waals surface area (Å²) in [5, 5.41) is 18.2. The minimum atomic E-state index is -0.952. The molecular formula is C10H9BrFNO. The Morgan fingerprint density at radius 3 is 2.64 bits per heavy atom. The van der Waals surface area contributed by atoms with Crippen LogP contribution in [0.25, 0.3) is 0 Å². The highest BCUT2D eigenvalue weighted by Crippen LogP contribution is 2.25. The van der Waals surface area contributed by atoms with Crippen molar-refractivity contribution in [1.29, 1.82) is 5.26 Å². The van der Waals surface area contributed by atoms with Crippen molar-refractivity contribution in [3.63, 3.8) is 0 Å². The Morgan fingerprint density at radius 1 is 1.50 bits per heavy atom. The molecule has 0 aromatic heterocycles. The van der Waals surface area contributed by atoms with Crippen LogP contribution >= 0.6 is 15.9 Å². The van der Waals surface area contributed by atoms with Crippen molar-refractivity contribution in [2.75, 3.05) is 0 Å². The molecule has 0 spiro atoms. The van der Waals surface area contributed by atoms with E-state index in [4.69, 9.17) is 5.26 Å². The molecule has 1 aromatic rings. The van der Waals surface area contributed by atoms with E-state index < -0.39 is 17.8 Å². The summed E-state index contributed by atoms with van der Waals surface area (Å²) in [5.41, 5.74) is 0.408. The molecule has 0 radical (unpaired) electrons. The minimum Gasteiger partial charge on any atom is -0.387 e. The molecule has 2 atom stereocenters. The molecule has 0 fully saturated rings. The zero-order chi connectivity index (χ0) is 10.7. The van der Waals surface area contributed by atoms with Crippen molar-refractivity contribution in [2.24, 2.45) is 5.92 Å². The third-order valence-corrected chi connectivity index (χ3v) is 2.36. The molecule has 0 amide bonds. The lowest BCUT2D eigenvalue weighted by atomic mass is 9.99. The monoisotopic (exact) mass is 257 g/mol. The zero-order valence-corrected chi connectivity index (χ0v) is 9.12. The Labute approximate surface area is 90.1 Å². The van der Waals surface area contributed by atoms with Gasteiger partial charge in [-0.1, -0.05) is 15.9 Å². The maximum atomic E-state index is 12.9. The molecule has 4 heteroatoms. The fourth-order valence-corrected chi connectivity index (χ4v) is 1.59. The number of aliphatic hydroxyl groups excluding tert-OH is 1. The highest BCUT2D eigenvalue weighted by Gasteiger charge is 2.16. The zero-order valence-electron chi connectivity index (χ0n) is 7.54. The standard InChI is InChI=1S/C10H9BrFNO/c1-6(5-13)10(14)7-2-8(11)4-9(12)3-7/h2-4,6,10,14H,1H3. The van der Waals surface area contributed by atoms with Crippen molar-refractivity contribution in [3.8, 4) is 6.07 Å². The van der Waals surface area contributed by atoms with Crippen LogP contribution in [0, 0.1) is 23.1 Å². The first kappa shape index (κ1) is 11.2. The Morgan fingerprint density at radius 2 is 2.14 bits per heavy atom. The van der Waals surface area contributed by atoms with Gasteiger partial charge in [0.1, 0.15) is 5.82 Å². The van der Waals surface area contributed by atoms with E-state index in [1.165, 1.54) is 12.1 Å². The van der Waals surface area contributed by atoms with Gasteiger partial charge in [0.2, 0.25) is 0 Å². The number of nitrogens with zero attached hydrogens (tertiary/aromatic N) is 1. The lowest BCUT2D eigenvalue weighted by Gasteiger charge is -2.13. The van der Waals surface area contributed by atoms with Crippen LogP contribution in [0.2, 0.25) is 0 Å². The average molecular weight is 258 g/mol. The van der Waals surface area contributed by atoms with Gasteiger partial charge < -0.3 is 5.11 Å². The number of rotatable bonds is 2. The number of benzene rings is 1. The van der Waals surface area contributed by atoms with Crippen molar-refractivity contribution >= 4 is 15.9 Å². The second-order valence-electron chi connectivity index (χ2n) is 3.07. The van der Waals surface area contributed by atoms with Gasteiger partial charge in [-0.05, 0) is 30.7 Å². The minimum absolute atomic E-state index is 0.408. The van der Waals surface area contributed by atoms with Gasteiger partial charge in [0.25, 0.3) is 0 Å². The first-order valence-corrected chi connectivity index (χ1v) is 4.87. The van der Waals surface area contributed by atoms with E-state index >= 15 is 0 Å². The van der Waals surface area contributed by atoms with Gasteiger partial charge in [0, 0.05) is 4.47 Å². The first-order chi connectivity index (χ1) is 6.54. The lowest BCUT2D eigenvalue weighted by molar-refractivity contribution is 0.142. The molecule has 0 aliphatic heterocycles. The summed E-state index contributed by atoms with van der Waals surface area (Å²) in [5.74, 6) is -0.984. The summed E-state index contributed by atoms with van der Waals surface area (Å²) in [4.78, 5) is 0. The number of hydrogen-bond acceptors (Lipinski definition) is 2. The largest absolute Gasteiger partial charge is 0.387 e. The van der Waals surface area contributed by atoms with Crippen molar-refractivity contribution in [2.45, 2.75) is 13.0 Å². The normalized spacial score (nSPS) is 14.5. The van der Waals surface area contributed by atoms with E-state index in [0.29, 0.717) is 10.0 Å².